The van der Waals surface area contributed by atoms with Crippen molar-refractivity contribution >= 4 is 5.91 Å². The summed E-state index contributed by atoms with van der Waals surface area (Å²) in [5.74, 6) is 0.761. The van der Waals surface area contributed by atoms with Gasteiger partial charge in [-0.2, -0.15) is 4.68 Å². The van der Waals surface area contributed by atoms with Gasteiger partial charge in [0.2, 0.25) is 0 Å². The van der Waals surface area contributed by atoms with Gasteiger partial charge in [-0.05, 0) is 41.3 Å². The van der Waals surface area contributed by atoms with Crippen LogP contribution in [-0.2, 0) is 0 Å². The van der Waals surface area contributed by atoms with Gasteiger partial charge in [-0.15, -0.1) is 5.10 Å². The maximum atomic E-state index is 12.7. The number of hydrogen-bond acceptors (Lipinski definition) is 4. The lowest BCUT2D eigenvalue weighted by Gasteiger charge is -2.30. The van der Waals surface area contributed by atoms with Crippen LogP contribution in [0.3, 0.4) is 0 Å². The van der Waals surface area contributed by atoms with Crippen molar-refractivity contribution in [3.05, 3.63) is 36.2 Å². The van der Waals surface area contributed by atoms with Crippen molar-refractivity contribution in [3.8, 4) is 5.69 Å². The van der Waals surface area contributed by atoms with Crippen LogP contribution in [0, 0.1) is 5.92 Å². The first-order valence-corrected chi connectivity index (χ1v) is 6.87. The van der Waals surface area contributed by atoms with E-state index in [1.54, 1.807) is 0 Å². The molecule has 1 aliphatic rings. The summed E-state index contributed by atoms with van der Waals surface area (Å²) < 4.78 is 1.53. The Balaban J connectivity index is 1.89. The van der Waals surface area contributed by atoms with E-state index in [4.69, 9.17) is 0 Å². The fourth-order valence-corrected chi connectivity index (χ4v) is 2.51. The molecule has 2 heterocycles. The first-order valence-electron chi connectivity index (χ1n) is 6.87. The minimum absolute atomic E-state index is 0.0583. The molecule has 20 heavy (non-hydrogen) atoms. The number of hydrogen-bond donors (Lipinski definition) is 0. The molecule has 104 valence electrons. The van der Waals surface area contributed by atoms with E-state index in [1.165, 1.54) is 11.0 Å². The Hall–Kier alpha value is -2.24. The summed E-state index contributed by atoms with van der Waals surface area (Å²) in [4.78, 5) is 14.6. The summed E-state index contributed by atoms with van der Waals surface area (Å²) in [6, 6.07) is 7.44. The molecule has 1 fully saturated rings. The van der Waals surface area contributed by atoms with Crippen molar-refractivity contribution in [2.75, 3.05) is 13.1 Å². The Morgan fingerprint density at radius 1 is 1.25 bits per heavy atom. The normalized spacial score (nSPS) is 16.4. The molecule has 1 aromatic carbocycles. The molecule has 1 saturated heterocycles. The second kappa shape index (κ2) is 5.40. The number of aromatic nitrogens is 4. The maximum Gasteiger partial charge on any atom is 0.256 e. The van der Waals surface area contributed by atoms with Gasteiger partial charge in [0.15, 0.2) is 0 Å². The van der Waals surface area contributed by atoms with Crippen molar-refractivity contribution in [1.29, 1.82) is 0 Å². The third-order valence-corrected chi connectivity index (χ3v) is 3.80. The standard InChI is InChI=1S/C14H17N5O/c1-11-6-8-18(9-7-11)14(20)12-4-2-3-5-13(12)19-10-15-16-17-19/h2-5,10-11H,6-9H2,1H3. The summed E-state index contributed by atoms with van der Waals surface area (Å²) in [6.45, 7) is 3.88. The number of tetrazole rings is 1. The lowest BCUT2D eigenvalue weighted by molar-refractivity contribution is 0.0697. The molecule has 0 aliphatic carbocycles. The Morgan fingerprint density at radius 2 is 2.00 bits per heavy atom. The first kappa shape index (κ1) is 12.8. The summed E-state index contributed by atoms with van der Waals surface area (Å²) >= 11 is 0. The lowest BCUT2D eigenvalue weighted by atomic mass is 9.98. The predicted octanol–water partition coefficient (Wildman–Crippen LogP) is 1.53. The second-order valence-corrected chi connectivity index (χ2v) is 5.25. The highest BCUT2D eigenvalue weighted by Crippen LogP contribution is 2.20. The molecule has 6 heteroatoms. The number of rotatable bonds is 2. The van der Waals surface area contributed by atoms with Gasteiger partial charge in [0.25, 0.3) is 5.91 Å². The topological polar surface area (TPSA) is 63.9 Å². The van der Waals surface area contributed by atoms with Crippen LogP contribution < -0.4 is 0 Å². The highest BCUT2D eigenvalue weighted by Gasteiger charge is 2.23. The molecule has 2 aromatic rings. The molecule has 1 aromatic heterocycles. The molecule has 0 bridgehead atoms. The Bertz CT molecular complexity index is 587. The number of carbonyl (C=O) groups excluding carboxylic acids is 1. The Kier molecular flexibility index (Phi) is 3.45. The quantitative estimate of drug-likeness (QED) is 0.831. The van der Waals surface area contributed by atoms with Crippen molar-refractivity contribution in [1.82, 2.24) is 25.1 Å². The van der Waals surface area contributed by atoms with Crippen LogP contribution in [0.4, 0.5) is 0 Å². The van der Waals surface area contributed by atoms with Crippen LogP contribution in [-0.4, -0.2) is 44.1 Å². The van der Waals surface area contributed by atoms with Gasteiger partial charge in [0, 0.05) is 13.1 Å². The number of para-hydroxylation sites is 1. The number of carbonyl (C=O) groups is 1. The number of piperidine rings is 1. The fraction of sp³-hybridized carbons (Fsp3) is 0.429. The molecule has 1 aliphatic heterocycles. The van der Waals surface area contributed by atoms with E-state index in [-0.39, 0.29) is 5.91 Å². The zero-order valence-electron chi connectivity index (χ0n) is 11.4. The average molecular weight is 271 g/mol. The Labute approximate surface area is 117 Å². The molecule has 0 radical (unpaired) electrons. The number of likely N-dealkylation sites (tertiary alicyclic amines) is 1. The second-order valence-electron chi connectivity index (χ2n) is 5.25. The molecule has 0 saturated carbocycles. The predicted molar refractivity (Wildman–Crippen MR) is 73.5 cm³/mol. The summed E-state index contributed by atoms with van der Waals surface area (Å²) in [7, 11) is 0. The largest absolute Gasteiger partial charge is 0.339 e. The molecule has 3 rings (SSSR count). The minimum Gasteiger partial charge on any atom is -0.339 e. The number of benzene rings is 1. The van der Waals surface area contributed by atoms with Crippen LogP contribution in [0.5, 0.6) is 0 Å². The average Bonchev–Trinajstić information content (AvgIpc) is 3.01. The molecule has 0 atom stereocenters. The van der Waals surface area contributed by atoms with Gasteiger partial charge in [0.1, 0.15) is 6.33 Å². The first-order chi connectivity index (χ1) is 9.75. The molecule has 6 nitrogen and oxygen atoms in total. The summed E-state index contributed by atoms with van der Waals surface area (Å²) in [5, 5.41) is 11.1. The third-order valence-electron chi connectivity index (χ3n) is 3.80. The lowest BCUT2D eigenvalue weighted by Crippen LogP contribution is -2.38. The molecule has 1 amide bonds. The van der Waals surface area contributed by atoms with Gasteiger partial charge in [0.05, 0.1) is 11.3 Å². The molecule has 0 unspecified atom stereocenters. The third kappa shape index (κ3) is 2.41. The van der Waals surface area contributed by atoms with Gasteiger partial charge in [-0.3, -0.25) is 4.79 Å². The van der Waals surface area contributed by atoms with Crippen LogP contribution in [0.2, 0.25) is 0 Å². The molecular formula is C14H17N5O. The van der Waals surface area contributed by atoms with Gasteiger partial charge < -0.3 is 4.90 Å². The summed E-state index contributed by atoms with van der Waals surface area (Å²) in [5.41, 5.74) is 1.37. The fourth-order valence-electron chi connectivity index (χ4n) is 2.51. The van der Waals surface area contributed by atoms with E-state index >= 15 is 0 Å². The molecule has 0 N–H and O–H groups in total. The van der Waals surface area contributed by atoms with Gasteiger partial charge in [-0.25, -0.2) is 0 Å². The van der Waals surface area contributed by atoms with Crippen LogP contribution in [0.1, 0.15) is 30.1 Å². The van der Waals surface area contributed by atoms with E-state index in [0.29, 0.717) is 11.5 Å². The highest BCUT2D eigenvalue weighted by molar-refractivity contribution is 5.97. The van der Waals surface area contributed by atoms with E-state index in [0.717, 1.165) is 31.6 Å². The van der Waals surface area contributed by atoms with Gasteiger partial charge in [-0.1, -0.05) is 19.1 Å². The number of nitrogens with zero attached hydrogens (tertiary/aromatic N) is 5. The van der Waals surface area contributed by atoms with Gasteiger partial charge >= 0.3 is 0 Å². The van der Waals surface area contributed by atoms with E-state index in [9.17, 15) is 4.79 Å². The van der Waals surface area contributed by atoms with Crippen molar-refractivity contribution in [2.24, 2.45) is 5.92 Å². The highest BCUT2D eigenvalue weighted by atomic mass is 16.2. The van der Waals surface area contributed by atoms with Crippen molar-refractivity contribution < 1.29 is 4.79 Å². The van der Waals surface area contributed by atoms with Crippen molar-refractivity contribution in [3.63, 3.8) is 0 Å². The molecular weight excluding hydrogens is 254 g/mol. The number of amides is 1. The zero-order chi connectivity index (χ0) is 13.9. The van der Waals surface area contributed by atoms with Crippen LogP contribution >= 0.6 is 0 Å². The minimum atomic E-state index is 0.0583. The maximum absolute atomic E-state index is 12.7. The van der Waals surface area contributed by atoms with Crippen molar-refractivity contribution in [2.45, 2.75) is 19.8 Å². The zero-order valence-corrected chi connectivity index (χ0v) is 11.4. The SMILES string of the molecule is CC1CCN(C(=O)c2ccccc2-n2cnnn2)CC1. The monoisotopic (exact) mass is 271 g/mol. The van der Waals surface area contributed by atoms with E-state index < -0.39 is 0 Å². The summed E-state index contributed by atoms with van der Waals surface area (Å²) in [6.07, 6.45) is 3.64. The van der Waals surface area contributed by atoms with Crippen LogP contribution in [0.25, 0.3) is 5.69 Å². The Morgan fingerprint density at radius 3 is 2.70 bits per heavy atom. The van der Waals surface area contributed by atoms with Crippen LogP contribution in [0.15, 0.2) is 30.6 Å². The van der Waals surface area contributed by atoms with E-state index in [1.807, 2.05) is 29.2 Å². The smallest absolute Gasteiger partial charge is 0.256 e. The van der Waals surface area contributed by atoms with E-state index in [2.05, 4.69) is 22.4 Å². The molecule has 0 spiro atoms.